The normalized spacial score (nSPS) is 17.7. The summed E-state index contributed by atoms with van der Waals surface area (Å²) in [7, 11) is 0. The van der Waals surface area contributed by atoms with E-state index in [0.29, 0.717) is 18.5 Å². The summed E-state index contributed by atoms with van der Waals surface area (Å²) < 4.78 is 0. The molecule has 5 nitrogen and oxygen atoms in total. The van der Waals surface area contributed by atoms with Gasteiger partial charge in [-0.05, 0) is 30.5 Å². The highest BCUT2D eigenvalue weighted by atomic mass is 16.3. The quantitative estimate of drug-likeness (QED) is 0.258. The molecule has 2 N–H and O–H groups in total. The van der Waals surface area contributed by atoms with Crippen LogP contribution in [-0.4, -0.2) is 33.2 Å². The maximum Gasteiger partial charge on any atom is 0.295 e. The Morgan fingerprint density at radius 2 is 1.64 bits per heavy atom. The Morgan fingerprint density at radius 1 is 0.939 bits per heavy atom. The molecule has 3 aromatic carbocycles. The summed E-state index contributed by atoms with van der Waals surface area (Å²) in [6.45, 7) is 2.31. The van der Waals surface area contributed by atoms with Gasteiger partial charge in [0.15, 0.2) is 0 Å². The first kappa shape index (κ1) is 20.8. The largest absolute Gasteiger partial charge is 0.507 e. The zero-order valence-corrected chi connectivity index (χ0v) is 18.3. The number of fused-ring (bicyclic) bond motifs is 1. The highest BCUT2D eigenvalue weighted by molar-refractivity contribution is 6.46. The van der Waals surface area contributed by atoms with E-state index in [4.69, 9.17) is 0 Å². The van der Waals surface area contributed by atoms with Crippen molar-refractivity contribution in [1.29, 1.82) is 0 Å². The monoisotopic (exact) mass is 436 g/mol. The second-order valence-electron chi connectivity index (χ2n) is 8.38. The van der Waals surface area contributed by atoms with Gasteiger partial charge in [-0.2, -0.15) is 0 Å². The number of carbonyl (C=O) groups is 2. The minimum Gasteiger partial charge on any atom is -0.507 e. The molecule has 164 valence electrons. The first-order valence-corrected chi connectivity index (χ1v) is 11.0. The highest BCUT2D eigenvalue weighted by Crippen LogP contribution is 2.39. The maximum atomic E-state index is 13.1. The van der Waals surface area contributed by atoms with Crippen LogP contribution in [-0.2, 0) is 16.0 Å². The highest BCUT2D eigenvalue weighted by Gasteiger charge is 2.45. The lowest BCUT2D eigenvalue weighted by atomic mass is 9.95. The Kier molecular flexibility index (Phi) is 5.31. The number of ketones is 1. The number of likely N-dealkylation sites (tertiary alicyclic amines) is 1. The van der Waals surface area contributed by atoms with Gasteiger partial charge in [0.1, 0.15) is 5.76 Å². The maximum absolute atomic E-state index is 13.1. The number of nitrogens with one attached hydrogen (secondary N) is 1. The number of hydrogen-bond acceptors (Lipinski definition) is 3. The first-order valence-electron chi connectivity index (χ1n) is 11.0. The molecule has 0 saturated carbocycles. The van der Waals surface area contributed by atoms with Crippen LogP contribution in [0.4, 0.5) is 0 Å². The Bertz CT molecular complexity index is 1370. The molecule has 1 aromatic heterocycles. The number of Topliss-reactive ketones (excluding diaryl/α,β-unsaturated/α-hetero) is 1. The van der Waals surface area contributed by atoms with Crippen LogP contribution in [0.5, 0.6) is 0 Å². The molecular weight excluding hydrogens is 412 g/mol. The average molecular weight is 437 g/mol. The van der Waals surface area contributed by atoms with Gasteiger partial charge in [0.25, 0.3) is 11.7 Å². The number of aliphatic hydroxyl groups excluding tert-OH is 1. The smallest absolute Gasteiger partial charge is 0.295 e. The first-order chi connectivity index (χ1) is 16.0. The molecule has 2 heterocycles. The van der Waals surface area contributed by atoms with Crippen LogP contribution in [0.25, 0.3) is 16.7 Å². The van der Waals surface area contributed by atoms with Crippen LogP contribution >= 0.6 is 0 Å². The molecule has 0 radical (unpaired) electrons. The topological polar surface area (TPSA) is 73.4 Å². The van der Waals surface area contributed by atoms with Gasteiger partial charge in [-0.15, -0.1) is 0 Å². The third-order valence-electron chi connectivity index (χ3n) is 6.28. The molecule has 1 fully saturated rings. The van der Waals surface area contributed by atoms with Crippen molar-refractivity contribution in [2.45, 2.75) is 19.4 Å². The second-order valence-corrected chi connectivity index (χ2v) is 8.38. The second kappa shape index (κ2) is 8.43. The van der Waals surface area contributed by atoms with Crippen LogP contribution < -0.4 is 0 Å². The van der Waals surface area contributed by atoms with E-state index in [1.165, 1.54) is 0 Å². The number of hydrogen-bond donors (Lipinski definition) is 2. The molecule has 4 aromatic rings. The number of aryl methyl sites for hydroxylation is 1. The van der Waals surface area contributed by atoms with Gasteiger partial charge < -0.3 is 15.0 Å². The predicted octanol–water partition coefficient (Wildman–Crippen LogP) is 5.14. The van der Waals surface area contributed by atoms with Crippen molar-refractivity contribution in [3.8, 4) is 0 Å². The Morgan fingerprint density at radius 3 is 2.39 bits per heavy atom. The van der Waals surface area contributed by atoms with Gasteiger partial charge >= 0.3 is 0 Å². The van der Waals surface area contributed by atoms with Gasteiger partial charge in [-0.25, -0.2) is 0 Å². The van der Waals surface area contributed by atoms with Gasteiger partial charge in [-0.1, -0.05) is 78.4 Å². The molecule has 5 rings (SSSR count). The van der Waals surface area contributed by atoms with Crippen molar-refractivity contribution in [3.63, 3.8) is 0 Å². The average Bonchev–Trinajstić information content (AvgIpc) is 3.37. The molecule has 0 spiro atoms. The fourth-order valence-corrected chi connectivity index (χ4v) is 4.54. The molecule has 1 atom stereocenters. The fraction of sp³-hybridized carbons (Fsp3) is 0.143. The molecule has 1 unspecified atom stereocenters. The van der Waals surface area contributed by atoms with E-state index in [0.717, 1.165) is 27.6 Å². The Hall–Kier alpha value is -4.12. The lowest BCUT2D eigenvalue weighted by Crippen LogP contribution is -2.31. The van der Waals surface area contributed by atoms with E-state index in [-0.39, 0.29) is 11.3 Å². The van der Waals surface area contributed by atoms with Crippen LogP contribution in [0, 0.1) is 6.92 Å². The third-order valence-corrected chi connectivity index (χ3v) is 6.28. The zero-order chi connectivity index (χ0) is 22.9. The van der Waals surface area contributed by atoms with Crippen molar-refractivity contribution in [1.82, 2.24) is 9.88 Å². The molecule has 1 amide bonds. The van der Waals surface area contributed by atoms with E-state index < -0.39 is 17.7 Å². The van der Waals surface area contributed by atoms with Crippen molar-refractivity contribution in [3.05, 3.63) is 113 Å². The molecule has 1 aliphatic rings. The summed E-state index contributed by atoms with van der Waals surface area (Å²) in [5.74, 6) is -1.38. The molecule has 0 aliphatic carbocycles. The third kappa shape index (κ3) is 3.72. The number of amides is 1. The molecule has 1 aliphatic heterocycles. The fourth-order valence-electron chi connectivity index (χ4n) is 4.54. The molecule has 5 heteroatoms. The van der Waals surface area contributed by atoms with Crippen LogP contribution in [0.2, 0.25) is 0 Å². The molecule has 33 heavy (non-hydrogen) atoms. The van der Waals surface area contributed by atoms with Gasteiger partial charge in [0, 0.05) is 29.2 Å². The van der Waals surface area contributed by atoms with Crippen molar-refractivity contribution in [2.24, 2.45) is 0 Å². The summed E-state index contributed by atoms with van der Waals surface area (Å²) in [5, 5.41) is 12.2. The van der Waals surface area contributed by atoms with E-state index >= 15 is 0 Å². The van der Waals surface area contributed by atoms with Crippen LogP contribution in [0.15, 0.2) is 90.6 Å². The standard InChI is InChI=1S/C28H24N2O3/c1-18-11-13-20(14-12-18)26(31)24-25(19-7-3-2-4-8-19)30(28(33)27(24)32)16-15-21-17-29-23-10-6-5-9-22(21)23/h2-14,17,25,29,31H,15-16H2,1H3/b26-24+. The minimum absolute atomic E-state index is 0.133. The number of aromatic amines is 1. The molecule has 1 saturated heterocycles. The SMILES string of the molecule is Cc1ccc(/C(O)=C2\C(=O)C(=O)N(CCc3c[nH]c4ccccc34)C2c2ccccc2)cc1. The molecular formula is C28H24N2O3. The van der Waals surface area contributed by atoms with E-state index in [1.807, 2.05) is 79.9 Å². The summed E-state index contributed by atoms with van der Waals surface area (Å²) in [4.78, 5) is 31.1. The number of aromatic nitrogens is 1. The zero-order valence-electron chi connectivity index (χ0n) is 18.3. The minimum atomic E-state index is -0.652. The van der Waals surface area contributed by atoms with Crippen LogP contribution in [0.1, 0.15) is 28.3 Å². The predicted molar refractivity (Wildman–Crippen MR) is 129 cm³/mol. The summed E-state index contributed by atoms with van der Waals surface area (Å²) in [6.07, 6.45) is 2.54. The van der Waals surface area contributed by atoms with Crippen LogP contribution in [0.3, 0.4) is 0 Å². The van der Waals surface area contributed by atoms with Crippen molar-refractivity contribution >= 4 is 28.4 Å². The number of rotatable bonds is 5. The van der Waals surface area contributed by atoms with Gasteiger partial charge in [-0.3, -0.25) is 9.59 Å². The lowest BCUT2D eigenvalue weighted by molar-refractivity contribution is -0.139. The number of benzene rings is 3. The van der Waals surface area contributed by atoms with Crippen molar-refractivity contribution < 1.29 is 14.7 Å². The van der Waals surface area contributed by atoms with Gasteiger partial charge in [0.05, 0.1) is 11.6 Å². The summed E-state index contributed by atoms with van der Waals surface area (Å²) in [5.41, 5.74) is 4.62. The number of para-hydroxylation sites is 1. The van der Waals surface area contributed by atoms with E-state index in [1.54, 1.807) is 17.0 Å². The Balaban J connectivity index is 1.55. The molecule has 0 bridgehead atoms. The summed E-state index contributed by atoms with van der Waals surface area (Å²) >= 11 is 0. The lowest BCUT2D eigenvalue weighted by Gasteiger charge is -2.25. The Labute approximate surface area is 192 Å². The number of H-pyrrole nitrogens is 1. The van der Waals surface area contributed by atoms with Crippen molar-refractivity contribution in [2.75, 3.05) is 6.54 Å². The summed E-state index contributed by atoms with van der Waals surface area (Å²) in [6, 6.07) is 24.1. The number of aliphatic hydroxyl groups is 1. The van der Waals surface area contributed by atoms with E-state index in [9.17, 15) is 14.7 Å². The van der Waals surface area contributed by atoms with Gasteiger partial charge in [0.2, 0.25) is 0 Å². The number of nitrogens with zero attached hydrogens (tertiary/aromatic N) is 1. The number of carbonyl (C=O) groups excluding carboxylic acids is 2. The van der Waals surface area contributed by atoms with E-state index in [2.05, 4.69) is 4.98 Å².